The molecule has 3 heterocycles. The summed E-state index contributed by atoms with van der Waals surface area (Å²) in [5, 5.41) is 3.39. The molecule has 0 bridgehead atoms. The second kappa shape index (κ2) is 5.88. The molecule has 3 rings (SSSR count). The lowest BCUT2D eigenvalue weighted by Gasteiger charge is -2.14. The van der Waals surface area contributed by atoms with E-state index in [-0.39, 0.29) is 0 Å². The van der Waals surface area contributed by atoms with Gasteiger partial charge in [-0.1, -0.05) is 0 Å². The molecule has 102 valence electrons. The number of fused-ring (bicyclic) bond motifs is 1. The first-order valence-corrected chi connectivity index (χ1v) is 7.58. The quantitative estimate of drug-likeness (QED) is 0.858. The Hall–Kier alpha value is -1.14. The van der Waals surface area contributed by atoms with Gasteiger partial charge >= 0.3 is 0 Å². The van der Waals surface area contributed by atoms with Crippen LogP contribution in [-0.4, -0.2) is 45.4 Å². The molecule has 1 N–H and O–H groups in total. The molecule has 0 unspecified atom stereocenters. The number of rotatable bonds is 5. The molecule has 2 aromatic rings. The predicted molar refractivity (Wildman–Crippen MR) is 79.5 cm³/mol. The smallest absolute Gasteiger partial charge is 0.180 e. The molecule has 1 saturated heterocycles. The van der Waals surface area contributed by atoms with Gasteiger partial charge in [0, 0.05) is 25.1 Å². The summed E-state index contributed by atoms with van der Waals surface area (Å²) in [6.07, 6.45) is 9.49. The number of halogens is 1. The molecule has 1 aliphatic heterocycles. The van der Waals surface area contributed by atoms with Crippen molar-refractivity contribution in [2.24, 2.45) is 0 Å². The highest BCUT2D eigenvalue weighted by atomic mass is 79.9. The van der Waals surface area contributed by atoms with E-state index in [4.69, 9.17) is 0 Å². The Kier molecular flexibility index (Phi) is 3.98. The van der Waals surface area contributed by atoms with Crippen LogP contribution in [0.4, 0.5) is 5.82 Å². The number of aromatic nitrogens is 3. The largest absolute Gasteiger partial charge is 0.367 e. The van der Waals surface area contributed by atoms with Crippen LogP contribution in [-0.2, 0) is 0 Å². The Morgan fingerprint density at radius 3 is 3.00 bits per heavy atom. The van der Waals surface area contributed by atoms with Crippen LogP contribution in [0.2, 0.25) is 0 Å². The number of nitrogens with zero attached hydrogens (tertiary/aromatic N) is 4. The zero-order valence-corrected chi connectivity index (χ0v) is 12.4. The molecule has 2 aromatic heterocycles. The lowest BCUT2D eigenvalue weighted by atomic mass is 10.4. The minimum atomic E-state index is 0.819. The van der Waals surface area contributed by atoms with Crippen LogP contribution < -0.4 is 5.32 Å². The highest BCUT2D eigenvalue weighted by Crippen LogP contribution is 2.16. The van der Waals surface area contributed by atoms with Gasteiger partial charge in [-0.3, -0.25) is 0 Å². The zero-order chi connectivity index (χ0) is 13.1. The van der Waals surface area contributed by atoms with Gasteiger partial charge < -0.3 is 14.6 Å². The summed E-state index contributed by atoms with van der Waals surface area (Å²) in [5.74, 6) is 0.848. The van der Waals surface area contributed by atoms with Crippen LogP contribution >= 0.6 is 15.9 Å². The first-order valence-electron chi connectivity index (χ1n) is 6.78. The summed E-state index contributed by atoms with van der Waals surface area (Å²) in [6.45, 7) is 4.63. The normalized spacial score (nSPS) is 16.3. The average molecular weight is 324 g/mol. The number of hydrogen-bond acceptors (Lipinski definition) is 4. The highest BCUT2D eigenvalue weighted by molar-refractivity contribution is 9.10. The van der Waals surface area contributed by atoms with Crippen LogP contribution in [0.3, 0.4) is 0 Å². The van der Waals surface area contributed by atoms with Gasteiger partial charge in [-0.15, -0.1) is 0 Å². The maximum atomic E-state index is 4.45. The fraction of sp³-hybridized carbons (Fsp3) is 0.538. The van der Waals surface area contributed by atoms with Gasteiger partial charge in [0.25, 0.3) is 0 Å². The number of imidazole rings is 1. The lowest BCUT2D eigenvalue weighted by Crippen LogP contribution is -2.22. The second-order valence-electron chi connectivity index (χ2n) is 4.90. The van der Waals surface area contributed by atoms with Gasteiger partial charge in [0.05, 0.1) is 0 Å². The van der Waals surface area contributed by atoms with Crippen molar-refractivity contribution in [3.8, 4) is 0 Å². The van der Waals surface area contributed by atoms with Crippen molar-refractivity contribution in [2.75, 3.05) is 31.5 Å². The SMILES string of the molecule is Brc1cn2ccnc2c(NCCCN2CCCC2)n1. The van der Waals surface area contributed by atoms with Gasteiger partial charge in [0.1, 0.15) is 4.60 Å². The van der Waals surface area contributed by atoms with Crippen LogP contribution in [0.25, 0.3) is 5.65 Å². The van der Waals surface area contributed by atoms with Crippen LogP contribution in [0, 0.1) is 0 Å². The average Bonchev–Trinajstić information content (AvgIpc) is 3.04. The predicted octanol–water partition coefficient (Wildman–Crippen LogP) is 2.39. The molecular weight excluding hydrogens is 306 g/mol. The first kappa shape index (κ1) is 12.9. The summed E-state index contributed by atoms with van der Waals surface area (Å²) in [4.78, 5) is 11.3. The van der Waals surface area contributed by atoms with Gasteiger partial charge in [0.15, 0.2) is 11.5 Å². The molecule has 6 heteroatoms. The Morgan fingerprint density at radius 2 is 2.16 bits per heavy atom. The molecule has 0 aliphatic carbocycles. The first-order chi connectivity index (χ1) is 9.33. The maximum absolute atomic E-state index is 4.45. The number of anilines is 1. The van der Waals surface area contributed by atoms with E-state index in [1.807, 2.05) is 16.8 Å². The minimum absolute atomic E-state index is 0.819. The third-order valence-corrected chi connectivity index (χ3v) is 3.87. The van der Waals surface area contributed by atoms with Crippen molar-refractivity contribution in [3.63, 3.8) is 0 Å². The van der Waals surface area contributed by atoms with E-state index < -0.39 is 0 Å². The Labute approximate surface area is 121 Å². The third kappa shape index (κ3) is 3.06. The van der Waals surface area contributed by atoms with E-state index in [9.17, 15) is 0 Å². The molecular formula is C13H18BrN5. The highest BCUT2D eigenvalue weighted by Gasteiger charge is 2.10. The van der Waals surface area contributed by atoms with E-state index in [0.29, 0.717) is 0 Å². The van der Waals surface area contributed by atoms with Crippen molar-refractivity contribution in [1.29, 1.82) is 0 Å². The number of hydrogen-bond donors (Lipinski definition) is 1. The Balaban J connectivity index is 1.57. The summed E-state index contributed by atoms with van der Waals surface area (Å²) in [7, 11) is 0. The van der Waals surface area contributed by atoms with Crippen molar-refractivity contribution in [3.05, 3.63) is 23.2 Å². The van der Waals surface area contributed by atoms with E-state index in [0.717, 1.165) is 29.0 Å². The van der Waals surface area contributed by atoms with Crippen LogP contribution in [0.5, 0.6) is 0 Å². The topological polar surface area (TPSA) is 45.5 Å². The van der Waals surface area contributed by atoms with Crippen molar-refractivity contribution < 1.29 is 0 Å². The molecule has 1 fully saturated rings. The van der Waals surface area contributed by atoms with Crippen LogP contribution in [0.1, 0.15) is 19.3 Å². The molecule has 1 aliphatic rings. The fourth-order valence-electron chi connectivity index (χ4n) is 2.54. The summed E-state index contributed by atoms with van der Waals surface area (Å²) >= 11 is 3.42. The second-order valence-corrected chi connectivity index (χ2v) is 5.71. The molecule has 5 nitrogen and oxygen atoms in total. The van der Waals surface area contributed by atoms with Crippen molar-refractivity contribution in [2.45, 2.75) is 19.3 Å². The molecule has 0 amide bonds. The molecule has 0 saturated carbocycles. The standard InChI is InChI=1S/C13H18BrN5/c14-11-10-19-9-5-16-13(19)12(17-11)15-4-3-8-18-6-1-2-7-18/h5,9-10H,1-4,6-8H2,(H,15,17). The minimum Gasteiger partial charge on any atom is -0.367 e. The van der Waals surface area contributed by atoms with E-state index in [1.165, 1.54) is 32.5 Å². The zero-order valence-electron chi connectivity index (χ0n) is 10.8. The summed E-state index contributed by atoms with van der Waals surface area (Å²) in [6, 6.07) is 0. The number of nitrogens with one attached hydrogen (secondary N) is 1. The summed E-state index contributed by atoms with van der Waals surface area (Å²) in [5.41, 5.74) is 0.879. The van der Waals surface area contributed by atoms with Gasteiger partial charge in [0.2, 0.25) is 0 Å². The van der Waals surface area contributed by atoms with Gasteiger partial charge in [-0.05, 0) is 54.8 Å². The van der Waals surface area contributed by atoms with E-state index in [2.05, 4.69) is 36.1 Å². The van der Waals surface area contributed by atoms with Crippen molar-refractivity contribution in [1.82, 2.24) is 19.3 Å². The Morgan fingerprint density at radius 1 is 1.32 bits per heavy atom. The van der Waals surface area contributed by atoms with Gasteiger partial charge in [-0.25, -0.2) is 9.97 Å². The molecule has 0 atom stereocenters. The maximum Gasteiger partial charge on any atom is 0.180 e. The number of likely N-dealkylation sites (tertiary alicyclic amines) is 1. The van der Waals surface area contributed by atoms with Crippen molar-refractivity contribution >= 4 is 27.4 Å². The fourth-order valence-corrected chi connectivity index (χ4v) is 2.93. The van der Waals surface area contributed by atoms with Gasteiger partial charge in [-0.2, -0.15) is 0 Å². The van der Waals surface area contributed by atoms with Crippen LogP contribution in [0.15, 0.2) is 23.2 Å². The van der Waals surface area contributed by atoms with E-state index >= 15 is 0 Å². The Bertz CT molecular complexity index is 547. The monoisotopic (exact) mass is 323 g/mol. The molecule has 0 aromatic carbocycles. The summed E-state index contributed by atoms with van der Waals surface area (Å²) < 4.78 is 2.79. The molecule has 19 heavy (non-hydrogen) atoms. The molecule has 0 radical (unpaired) electrons. The van der Waals surface area contributed by atoms with E-state index in [1.54, 1.807) is 6.20 Å². The lowest BCUT2D eigenvalue weighted by molar-refractivity contribution is 0.337. The molecule has 0 spiro atoms. The third-order valence-electron chi connectivity index (χ3n) is 3.49.